The monoisotopic (exact) mass is 336 g/mol. The van der Waals surface area contributed by atoms with Gasteiger partial charge in [-0.3, -0.25) is 4.79 Å². The van der Waals surface area contributed by atoms with E-state index in [-0.39, 0.29) is 5.91 Å². The molecule has 0 bridgehead atoms. The minimum absolute atomic E-state index is 0.0801. The van der Waals surface area contributed by atoms with Crippen molar-refractivity contribution in [2.75, 3.05) is 23.9 Å². The van der Waals surface area contributed by atoms with Gasteiger partial charge >= 0.3 is 0 Å². The first kappa shape index (κ1) is 16.5. The van der Waals surface area contributed by atoms with Gasteiger partial charge in [0, 0.05) is 27.8 Å². The molecule has 0 saturated heterocycles. The van der Waals surface area contributed by atoms with E-state index in [1.54, 1.807) is 37.1 Å². The lowest BCUT2D eigenvalue weighted by Gasteiger charge is -2.10. The Morgan fingerprint density at radius 1 is 1.27 bits per heavy atom. The van der Waals surface area contributed by atoms with Crippen LogP contribution in [0.5, 0.6) is 5.75 Å². The van der Waals surface area contributed by atoms with Crippen LogP contribution in [0.15, 0.2) is 47.4 Å². The van der Waals surface area contributed by atoms with Gasteiger partial charge in [0.15, 0.2) is 0 Å². The van der Waals surface area contributed by atoms with E-state index in [0.29, 0.717) is 28.6 Å². The highest BCUT2D eigenvalue weighted by molar-refractivity contribution is 7.99. The van der Waals surface area contributed by atoms with Gasteiger partial charge in [0.05, 0.1) is 12.8 Å². The average molecular weight is 337 g/mol. The SMILES string of the molecule is COc1ccc(Cl)cc1NC(=O)CCSc1ccc(N)cc1. The van der Waals surface area contributed by atoms with Crippen LogP contribution >= 0.6 is 23.4 Å². The maximum absolute atomic E-state index is 12.0. The van der Waals surface area contributed by atoms with Crippen molar-refractivity contribution in [3.63, 3.8) is 0 Å². The molecule has 116 valence electrons. The van der Waals surface area contributed by atoms with Crippen molar-refractivity contribution in [2.24, 2.45) is 0 Å². The molecule has 1 amide bonds. The lowest BCUT2D eigenvalue weighted by atomic mass is 10.3. The van der Waals surface area contributed by atoms with Gasteiger partial charge in [-0.1, -0.05) is 11.6 Å². The fourth-order valence-corrected chi connectivity index (χ4v) is 2.84. The van der Waals surface area contributed by atoms with Crippen LogP contribution in [-0.2, 0) is 4.79 Å². The molecule has 0 heterocycles. The number of rotatable bonds is 6. The highest BCUT2D eigenvalue weighted by Crippen LogP contribution is 2.28. The zero-order valence-electron chi connectivity index (χ0n) is 12.1. The van der Waals surface area contributed by atoms with Crippen LogP contribution in [0.25, 0.3) is 0 Å². The molecule has 3 N–H and O–H groups in total. The molecule has 22 heavy (non-hydrogen) atoms. The molecular weight excluding hydrogens is 320 g/mol. The molecule has 0 fully saturated rings. The topological polar surface area (TPSA) is 64.3 Å². The number of methoxy groups -OCH3 is 1. The summed E-state index contributed by atoms with van der Waals surface area (Å²) in [6, 6.07) is 12.7. The van der Waals surface area contributed by atoms with Crippen LogP contribution in [0.4, 0.5) is 11.4 Å². The smallest absolute Gasteiger partial charge is 0.225 e. The molecule has 0 unspecified atom stereocenters. The largest absolute Gasteiger partial charge is 0.495 e. The van der Waals surface area contributed by atoms with E-state index in [0.717, 1.165) is 10.6 Å². The van der Waals surface area contributed by atoms with Crippen molar-refractivity contribution < 1.29 is 9.53 Å². The summed E-state index contributed by atoms with van der Waals surface area (Å²) >= 11 is 7.54. The molecule has 0 radical (unpaired) electrons. The number of halogens is 1. The van der Waals surface area contributed by atoms with Crippen LogP contribution in [0.2, 0.25) is 5.02 Å². The number of nitrogens with two attached hydrogens (primary N) is 1. The van der Waals surface area contributed by atoms with Gasteiger partial charge in [-0.2, -0.15) is 0 Å². The van der Waals surface area contributed by atoms with E-state index in [1.807, 2.05) is 24.3 Å². The summed E-state index contributed by atoms with van der Waals surface area (Å²) in [4.78, 5) is 13.1. The Labute approximate surface area is 139 Å². The zero-order valence-corrected chi connectivity index (χ0v) is 13.7. The number of amides is 1. The van der Waals surface area contributed by atoms with Gasteiger partial charge < -0.3 is 15.8 Å². The lowest BCUT2D eigenvalue weighted by Crippen LogP contribution is -2.13. The Bertz CT molecular complexity index is 647. The maximum atomic E-state index is 12.0. The van der Waals surface area contributed by atoms with Gasteiger partial charge in [0.1, 0.15) is 5.75 Å². The number of nitrogens with one attached hydrogen (secondary N) is 1. The second kappa shape index (κ2) is 7.96. The summed E-state index contributed by atoms with van der Waals surface area (Å²) in [7, 11) is 1.55. The highest BCUT2D eigenvalue weighted by atomic mass is 35.5. The van der Waals surface area contributed by atoms with Gasteiger partial charge in [0.2, 0.25) is 5.91 Å². The molecule has 2 rings (SSSR count). The Kier molecular flexibility index (Phi) is 5.98. The van der Waals surface area contributed by atoms with Crippen molar-refractivity contribution in [2.45, 2.75) is 11.3 Å². The van der Waals surface area contributed by atoms with Crippen LogP contribution in [0, 0.1) is 0 Å². The third-order valence-corrected chi connectivity index (χ3v) is 4.16. The molecule has 0 aliphatic rings. The molecule has 2 aromatic carbocycles. The molecule has 4 nitrogen and oxygen atoms in total. The summed E-state index contributed by atoms with van der Waals surface area (Å²) in [6.07, 6.45) is 0.394. The zero-order chi connectivity index (χ0) is 15.9. The predicted molar refractivity (Wildman–Crippen MR) is 92.8 cm³/mol. The molecule has 0 saturated carbocycles. The number of carbonyl (C=O) groups excluding carboxylic acids is 1. The van der Waals surface area contributed by atoms with Crippen molar-refractivity contribution >= 4 is 40.6 Å². The first-order chi connectivity index (χ1) is 10.6. The first-order valence-electron chi connectivity index (χ1n) is 6.70. The van der Waals surface area contributed by atoms with Gasteiger partial charge in [-0.15, -0.1) is 11.8 Å². The third-order valence-electron chi connectivity index (χ3n) is 2.91. The Balaban J connectivity index is 1.85. The number of hydrogen-bond donors (Lipinski definition) is 2. The van der Waals surface area contributed by atoms with Crippen LogP contribution < -0.4 is 15.8 Å². The lowest BCUT2D eigenvalue weighted by molar-refractivity contribution is -0.115. The molecule has 2 aromatic rings. The minimum Gasteiger partial charge on any atom is -0.495 e. The summed E-state index contributed by atoms with van der Waals surface area (Å²) in [5, 5.41) is 3.36. The normalized spacial score (nSPS) is 10.3. The molecule has 0 aliphatic carbocycles. The van der Waals surface area contributed by atoms with E-state index in [4.69, 9.17) is 22.1 Å². The van der Waals surface area contributed by atoms with Crippen molar-refractivity contribution in [3.8, 4) is 5.75 Å². The number of ether oxygens (including phenoxy) is 1. The molecular formula is C16H17ClN2O2S. The molecule has 0 aliphatic heterocycles. The van der Waals surface area contributed by atoms with Gasteiger partial charge in [0.25, 0.3) is 0 Å². The number of carbonyl (C=O) groups is 1. The quantitative estimate of drug-likeness (QED) is 0.617. The summed E-state index contributed by atoms with van der Waals surface area (Å²) in [5.74, 6) is 1.19. The standard InChI is InChI=1S/C16H17ClN2O2S/c1-21-15-7-2-11(17)10-14(15)19-16(20)8-9-22-13-5-3-12(18)4-6-13/h2-7,10H,8-9,18H2,1H3,(H,19,20). The van der Waals surface area contributed by atoms with Crippen LogP contribution in [-0.4, -0.2) is 18.8 Å². The maximum Gasteiger partial charge on any atom is 0.225 e. The number of thioether (sulfide) groups is 1. The molecule has 0 aromatic heterocycles. The fourth-order valence-electron chi connectivity index (χ4n) is 1.82. The van der Waals surface area contributed by atoms with E-state index in [1.165, 1.54) is 0 Å². The van der Waals surface area contributed by atoms with Crippen molar-refractivity contribution in [3.05, 3.63) is 47.5 Å². The number of anilines is 2. The third kappa shape index (κ3) is 4.86. The van der Waals surface area contributed by atoms with Crippen molar-refractivity contribution in [1.29, 1.82) is 0 Å². The second-order valence-corrected chi connectivity index (χ2v) is 6.17. The first-order valence-corrected chi connectivity index (χ1v) is 8.06. The summed E-state index contributed by atoms with van der Waals surface area (Å²) < 4.78 is 5.20. The van der Waals surface area contributed by atoms with E-state index >= 15 is 0 Å². The molecule has 6 heteroatoms. The van der Waals surface area contributed by atoms with Crippen LogP contribution in [0.3, 0.4) is 0 Å². The fraction of sp³-hybridized carbons (Fsp3) is 0.188. The van der Waals surface area contributed by atoms with Crippen LogP contribution in [0.1, 0.15) is 6.42 Å². The summed E-state index contributed by atoms with van der Waals surface area (Å²) in [5.41, 5.74) is 6.95. The number of benzene rings is 2. The Morgan fingerprint density at radius 2 is 2.00 bits per heavy atom. The van der Waals surface area contributed by atoms with E-state index in [2.05, 4.69) is 5.32 Å². The minimum atomic E-state index is -0.0801. The van der Waals surface area contributed by atoms with E-state index in [9.17, 15) is 4.79 Å². The number of hydrogen-bond acceptors (Lipinski definition) is 4. The molecule has 0 atom stereocenters. The average Bonchev–Trinajstić information content (AvgIpc) is 2.49. The number of nitrogen functional groups attached to an aromatic ring is 1. The van der Waals surface area contributed by atoms with Crippen molar-refractivity contribution in [1.82, 2.24) is 0 Å². The second-order valence-electron chi connectivity index (χ2n) is 4.56. The van der Waals surface area contributed by atoms with Gasteiger partial charge in [-0.05, 0) is 42.5 Å². The Morgan fingerprint density at radius 3 is 2.68 bits per heavy atom. The molecule has 0 spiro atoms. The predicted octanol–water partition coefficient (Wildman–Crippen LogP) is 4.05. The van der Waals surface area contributed by atoms with E-state index < -0.39 is 0 Å². The van der Waals surface area contributed by atoms with Gasteiger partial charge in [-0.25, -0.2) is 0 Å². The Hall–Kier alpha value is -1.85. The highest BCUT2D eigenvalue weighted by Gasteiger charge is 2.08. The summed E-state index contributed by atoms with van der Waals surface area (Å²) in [6.45, 7) is 0.